The Morgan fingerprint density at radius 1 is 0.727 bits per heavy atom. The molecule has 0 aromatic carbocycles. The largest absolute Gasteiger partial charge is 0.756 e. The molecule has 428 valence electrons. The van der Waals surface area contributed by atoms with Crippen LogP contribution in [0, 0.1) is 0 Å². The number of aromatic nitrogens is 8. The lowest BCUT2D eigenvalue weighted by Gasteiger charge is -2.35. The molecule has 4 aliphatic heterocycles. The van der Waals surface area contributed by atoms with Crippen molar-refractivity contribution < 1.29 is 103 Å². The van der Waals surface area contributed by atoms with Gasteiger partial charge in [0, 0.05) is 27.5 Å². The van der Waals surface area contributed by atoms with E-state index in [4.69, 9.17) is 54.7 Å². The number of hydrogen-bond donors (Lipinski definition) is 7. The fraction of sp³-hybridized carbons (Fsp3) is 0.629. The lowest BCUT2D eigenvalue weighted by Crippen LogP contribution is -2.46. The van der Waals surface area contributed by atoms with Crippen molar-refractivity contribution in [2.75, 3.05) is 74.8 Å². The Labute approximate surface area is 431 Å². The predicted molar refractivity (Wildman–Crippen MR) is 246 cm³/mol. The highest BCUT2D eigenvalue weighted by molar-refractivity contribution is 7.65. The van der Waals surface area contributed by atoms with Crippen molar-refractivity contribution in [2.24, 2.45) is 0 Å². The maximum atomic E-state index is 13.7. The number of rotatable bonds is 22. The number of nitrogens with zero attached hydrogens (tertiary/aromatic N) is 8. The van der Waals surface area contributed by atoms with Gasteiger partial charge in [0.1, 0.15) is 66.4 Å². The fourth-order valence-electron chi connectivity index (χ4n) is 8.73. The molecule has 0 radical (unpaired) electrons. The summed E-state index contributed by atoms with van der Waals surface area (Å²) in [5.74, 6) is -0.861. The molecular formula is C35H49N13O25P4-4. The van der Waals surface area contributed by atoms with E-state index in [0.717, 1.165) is 41.9 Å². The molecule has 0 saturated carbocycles. The van der Waals surface area contributed by atoms with E-state index in [2.05, 4.69) is 47.6 Å². The normalized spacial score (nSPS) is 30.6. The number of phosphoric acid groups is 4. The number of methoxy groups -OCH3 is 2. The minimum atomic E-state index is -6.57. The Hall–Kier alpha value is -4.69. The minimum absolute atomic E-state index is 0.0165. The number of aliphatic hydroxyl groups excluding tert-OH is 2. The van der Waals surface area contributed by atoms with E-state index in [1.807, 2.05) is 0 Å². The highest BCUT2D eigenvalue weighted by Gasteiger charge is 2.52. The second kappa shape index (κ2) is 22.4. The molecule has 4 aliphatic rings. The van der Waals surface area contributed by atoms with E-state index >= 15 is 0 Å². The van der Waals surface area contributed by atoms with Crippen LogP contribution in [0.25, 0.3) is 11.2 Å². The van der Waals surface area contributed by atoms with Gasteiger partial charge in [-0.1, -0.05) is 0 Å². The molecule has 77 heavy (non-hydrogen) atoms. The van der Waals surface area contributed by atoms with Gasteiger partial charge < -0.3 is 103 Å². The number of aliphatic hydroxyl groups is 2. The molecule has 0 spiro atoms. The number of ether oxygens (including phenoxy) is 6. The van der Waals surface area contributed by atoms with Gasteiger partial charge >= 0.3 is 5.69 Å². The highest BCUT2D eigenvalue weighted by atomic mass is 31.3. The number of H-pyrrole nitrogens is 2. The molecule has 3 saturated heterocycles. The standard InChI is InChI=1S/C35H53N13O25P4/c1-13(2)67-23-15(69-30(21(23)50)47-11-39-18-26(47)41-33(37)43-28(18)51)9-64-74(54,55)71-24-16(70-32(25(24)63-5)46-7-6-17(36)40-35(46)53)10-66-76(58,59)73-77(60,61)72-75(56,57)65-8-14-22(62-4)20(49)31(68-14)48-12-45(3)19-27(48)42-34(38)44-29(19)52/h6-7,11,13-16,20-25,30-32,49-50H,8-10,12H2,1-5H3,(H,54,55)(H,56,57)(H,58,59)(H,60,61)(H2,36,40,53)(H3,37,41,43,51)(H3,38,42,44,52)/p-4/t14-,15-,16-,20?,21+,22+,23?,24?,25+,30-,31-,32-/m1/s1. The smallest absolute Gasteiger partial charge is 0.351 e. The van der Waals surface area contributed by atoms with Gasteiger partial charge in [0.15, 0.2) is 35.7 Å². The summed E-state index contributed by atoms with van der Waals surface area (Å²) in [6.45, 7) is -0.404. The van der Waals surface area contributed by atoms with E-state index < -0.39 is 148 Å². The molecule has 4 aromatic rings. The molecule has 16 atom stereocenters. The molecule has 8 rings (SSSR count). The van der Waals surface area contributed by atoms with Gasteiger partial charge in [0.05, 0.1) is 38.9 Å². The average Bonchev–Trinajstić information content (AvgIpc) is 4.14. The molecule has 0 aliphatic carbocycles. The zero-order valence-corrected chi connectivity index (χ0v) is 44.0. The van der Waals surface area contributed by atoms with Crippen molar-refractivity contribution in [2.45, 2.75) is 93.6 Å². The zero-order chi connectivity index (χ0) is 56.3. The fourth-order valence-corrected chi connectivity index (χ4v) is 13.1. The number of nitrogen functional groups attached to an aromatic ring is 3. The summed E-state index contributed by atoms with van der Waals surface area (Å²) in [4.78, 5) is 113. The Morgan fingerprint density at radius 3 is 1.88 bits per heavy atom. The van der Waals surface area contributed by atoms with Crippen molar-refractivity contribution in [1.82, 2.24) is 39.0 Å². The Bertz CT molecular complexity index is 3200. The summed E-state index contributed by atoms with van der Waals surface area (Å²) < 4.78 is 116. The molecule has 0 amide bonds. The van der Waals surface area contributed by atoms with E-state index in [9.17, 15) is 62.4 Å². The molecule has 10 N–H and O–H groups in total. The zero-order valence-electron chi connectivity index (χ0n) is 40.4. The van der Waals surface area contributed by atoms with E-state index in [1.54, 1.807) is 13.8 Å². The summed E-state index contributed by atoms with van der Waals surface area (Å²) in [5, 5.41) is 22.4. The average molecular weight is 1180 g/mol. The first-order valence-electron chi connectivity index (χ1n) is 22.3. The van der Waals surface area contributed by atoms with Gasteiger partial charge in [-0.15, -0.1) is 0 Å². The van der Waals surface area contributed by atoms with Crippen LogP contribution in [0.2, 0.25) is 0 Å². The number of nitrogens with one attached hydrogen (secondary N) is 2. The van der Waals surface area contributed by atoms with Crippen molar-refractivity contribution >= 4 is 71.7 Å². The van der Waals surface area contributed by atoms with Crippen molar-refractivity contribution in [3.8, 4) is 0 Å². The highest BCUT2D eigenvalue weighted by Crippen LogP contribution is 2.63. The summed E-state index contributed by atoms with van der Waals surface area (Å²) in [6.07, 6.45) is -17.6. The summed E-state index contributed by atoms with van der Waals surface area (Å²) in [6, 6.07) is 1.12. The van der Waals surface area contributed by atoms with Gasteiger partial charge in [0.25, 0.3) is 42.4 Å². The van der Waals surface area contributed by atoms with Crippen LogP contribution < -0.4 is 63.4 Å². The van der Waals surface area contributed by atoms with Crippen LogP contribution in [0.3, 0.4) is 0 Å². The lowest BCUT2D eigenvalue weighted by molar-refractivity contribution is -0.252. The van der Waals surface area contributed by atoms with E-state index in [1.165, 1.54) is 16.8 Å². The molecule has 8 heterocycles. The number of anilines is 5. The molecule has 0 bridgehead atoms. The third kappa shape index (κ3) is 12.7. The quantitative estimate of drug-likeness (QED) is 0.0361. The van der Waals surface area contributed by atoms with Gasteiger partial charge in [-0.25, -0.2) is 18.4 Å². The molecule has 42 heteroatoms. The maximum absolute atomic E-state index is 13.7. The molecule has 3 fully saturated rings. The van der Waals surface area contributed by atoms with Crippen molar-refractivity contribution in [1.29, 1.82) is 0 Å². The molecule has 4 aromatic heterocycles. The Kier molecular flexibility index (Phi) is 17.0. The Morgan fingerprint density at radius 2 is 1.27 bits per heavy atom. The van der Waals surface area contributed by atoms with Crippen LogP contribution >= 0.6 is 31.3 Å². The second-order valence-corrected chi connectivity index (χ2v) is 23.3. The van der Waals surface area contributed by atoms with E-state index in [-0.39, 0.29) is 47.1 Å². The van der Waals surface area contributed by atoms with Gasteiger partial charge in [-0.3, -0.25) is 47.0 Å². The van der Waals surface area contributed by atoms with Crippen LogP contribution in [0.1, 0.15) is 26.3 Å². The maximum Gasteiger partial charge on any atom is 0.351 e. The topological polar surface area (TPSA) is 540 Å². The van der Waals surface area contributed by atoms with Gasteiger partial charge in [0.2, 0.25) is 11.9 Å². The van der Waals surface area contributed by atoms with Gasteiger partial charge in [-0.05, 0) is 19.9 Å². The molecule has 38 nitrogen and oxygen atoms in total. The first-order valence-corrected chi connectivity index (χ1v) is 28.1. The number of hydrogen-bond acceptors (Lipinski definition) is 34. The summed E-state index contributed by atoms with van der Waals surface area (Å²) >= 11 is 0. The van der Waals surface area contributed by atoms with Crippen LogP contribution in [0.5, 0.6) is 0 Å². The number of imidazole rings is 1. The molecule has 7 unspecified atom stereocenters. The first kappa shape index (κ1) is 58.5. The van der Waals surface area contributed by atoms with Crippen LogP contribution in [-0.4, -0.2) is 164 Å². The number of nitrogens with two attached hydrogens (primary N) is 3. The summed E-state index contributed by atoms with van der Waals surface area (Å²) in [7, 11) is -21.2. The number of aromatic amines is 2. The van der Waals surface area contributed by atoms with Crippen molar-refractivity contribution in [3.05, 3.63) is 49.8 Å². The third-order valence-electron chi connectivity index (χ3n) is 11.8. The first-order chi connectivity index (χ1) is 36.0. The lowest BCUT2D eigenvalue weighted by atomic mass is 10.1. The monoisotopic (exact) mass is 1180 g/mol. The Balaban J connectivity index is 0.932. The predicted octanol–water partition coefficient (Wildman–Crippen LogP) is -5.47. The summed E-state index contributed by atoms with van der Waals surface area (Å²) in [5.41, 5.74) is 14.3. The van der Waals surface area contributed by atoms with Crippen LogP contribution in [-0.2, 0) is 73.4 Å². The van der Waals surface area contributed by atoms with E-state index in [0.29, 0.717) is 0 Å². The SMILES string of the molecule is CO[C@@H]1C(O)[C@H](N2CN(C)c3c2nc(N)[nH]c3=O)O[C@@H]1COP(=O)([O-])OP(=O)([O-])OP(=O)([O-])OC[C@H]1O[C@@H](n2ccc(N)nc2=O)[C@@H](OC)C1OP(=O)([O-])OC[C@H]1O[C@@H](n2cnc3c(=O)[nH]c(N)nc32)[C@@H](O)C1OC(C)C. The third-order valence-corrected chi connectivity index (χ3v) is 16.9. The molecular weight excluding hydrogens is 1130 g/mol. The minimum Gasteiger partial charge on any atom is -0.756 e. The number of phosphoric ester groups is 3. The van der Waals surface area contributed by atoms with Crippen molar-refractivity contribution in [3.63, 3.8) is 0 Å². The second-order valence-electron chi connectivity index (χ2n) is 17.4. The van der Waals surface area contributed by atoms with Gasteiger partial charge in [-0.2, -0.15) is 15.0 Å². The van der Waals surface area contributed by atoms with Crippen LogP contribution in [0.4, 0.5) is 29.2 Å². The number of fused-ring (bicyclic) bond motifs is 2. The van der Waals surface area contributed by atoms with Crippen LogP contribution in [0.15, 0.2) is 33.0 Å².